The summed E-state index contributed by atoms with van der Waals surface area (Å²) in [5.74, 6) is -0.760. The molecule has 4 heteroatoms. The molecule has 0 aliphatic heterocycles. The molecule has 0 unspecified atom stereocenters. The van der Waals surface area contributed by atoms with Gasteiger partial charge in [-0.1, -0.05) is 30.7 Å². The first-order chi connectivity index (χ1) is 7.61. The number of carbonyl (C=O) groups is 1. The molecule has 3 nitrogen and oxygen atoms in total. The molecule has 0 radical (unpaired) electrons. The monoisotopic (exact) mass is 241 g/mol. The standard InChI is InChI=1S/C12H16ClNO2/c1-2-14(7-6-12(15)16)9-10-4-3-5-11(13)8-10/h3-5,8H,2,6-7,9H2,1H3,(H,15,16). The van der Waals surface area contributed by atoms with Crippen LogP contribution in [0.4, 0.5) is 0 Å². The maximum atomic E-state index is 10.5. The highest BCUT2D eigenvalue weighted by atomic mass is 35.5. The van der Waals surface area contributed by atoms with Crippen LogP contribution in [-0.2, 0) is 11.3 Å². The zero-order valence-electron chi connectivity index (χ0n) is 9.32. The Hall–Kier alpha value is -1.06. The summed E-state index contributed by atoms with van der Waals surface area (Å²) in [6, 6.07) is 7.64. The lowest BCUT2D eigenvalue weighted by atomic mass is 10.2. The van der Waals surface area contributed by atoms with Crippen LogP contribution in [0.25, 0.3) is 0 Å². The van der Waals surface area contributed by atoms with E-state index in [0.29, 0.717) is 11.6 Å². The number of halogens is 1. The highest BCUT2D eigenvalue weighted by Crippen LogP contribution is 2.12. The quantitative estimate of drug-likeness (QED) is 0.833. The Morgan fingerprint density at radius 3 is 2.81 bits per heavy atom. The summed E-state index contributed by atoms with van der Waals surface area (Å²) in [5.41, 5.74) is 1.11. The summed E-state index contributed by atoms with van der Waals surface area (Å²) in [5, 5.41) is 9.33. The number of carboxylic acids is 1. The van der Waals surface area contributed by atoms with Gasteiger partial charge in [0.05, 0.1) is 6.42 Å². The van der Waals surface area contributed by atoms with Gasteiger partial charge in [0.2, 0.25) is 0 Å². The van der Waals surface area contributed by atoms with E-state index in [1.807, 2.05) is 31.2 Å². The molecule has 0 fully saturated rings. The summed E-state index contributed by atoms with van der Waals surface area (Å²) in [6.07, 6.45) is 0.175. The highest BCUT2D eigenvalue weighted by molar-refractivity contribution is 6.30. The van der Waals surface area contributed by atoms with Crippen molar-refractivity contribution in [2.45, 2.75) is 19.9 Å². The van der Waals surface area contributed by atoms with Gasteiger partial charge in [-0.2, -0.15) is 0 Å². The van der Waals surface area contributed by atoms with Crippen molar-refractivity contribution in [3.05, 3.63) is 34.9 Å². The second-order valence-corrected chi connectivity index (χ2v) is 4.08. The van der Waals surface area contributed by atoms with Gasteiger partial charge in [-0.15, -0.1) is 0 Å². The summed E-state index contributed by atoms with van der Waals surface area (Å²) in [4.78, 5) is 12.6. The number of hydrogen-bond donors (Lipinski definition) is 1. The third-order valence-corrected chi connectivity index (χ3v) is 2.62. The molecule has 16 heavy (non-hydrogen) atoms. The van der Waals surface area contributed by atoms with E-state index < -0.39 is 5.97 Å². The fourth-order valence-corrected chi connectivity index (χ4v) is 1.71. The van der Waals surface area contributed by atoms with Crippen molar-refractivity contribution in [3.63, 3.8) is 0 Å². The van der Waals surface area contributed by atoms with Gasteiger partial charge in [-0.25, -0.2) is 0 Å². The van der Waals surface area contributed by atoms with Gasteiger partial charge in [-0.3, -0.25) is 9.69 Å². The molecule has 1 N–H and O–H groups in total. The Balaban J connectivity index is 2.52. The van der Waals surface area contributed by atoms with Gasteiger partial charge in [0, 0.05) is 18.1 Å². The largest absolute Gasteiger partial charge is 0.481 e. The molecule has 0 amide bonds. The molecule has 0 saturated heterocycles. The SMILES string of the molecule is CCN(CCC(=O)O)Cc1cccc(Cl)c1. The number of hydrogen-bond acceptors (Lipinski definition) is 2. The van der Waals surface area contributed by atoms with Crippen LogP contribution < -0.4 is 0 Å². The summed E-state index contributed by atoms with van der Waals surface area (Å²) < 4.78 is 0. The predicted molar refractivity (Wildman–Crippen MR) is 64.7 cm³/mol. The molecular formula is C12H16ClNO2. The summed E-state index contributed by atoms with van der Waals surface area (Å²) in [7, 11) is 0. The lowest BCUT2D eigenvalue weighted by Gasteiger charge is -2.19. The predicted octanol–water partition coefficient (Wildman–Crippen LogP) is 2.64. The molecule has 88 valence electrons. The van der Waals surface area contributed by atoms with Gasteiger partial charge < -0.3 is 5.11 Å². The third kappa shape index (κ3) is 4.64. The first kappa shape index (κ1) is 13.0. The van der Waals surface area contributed by atoms with Crippen LogP contribution in [0.15, 0.2) is 24.3 Å². The molecular weight excluding hydrogens is 226 g/mol. The second-order valence-electron chi connectivity index (χ2n) is 3.64. The van der Waals surface area contributed by atoms with Crippen LogP contribution in [0.1, 0.15) is 18.9 Å². The van der Waals surface area contributed by atoms with Gasteiger partial charge >= 0.3 is 5.97 Å². The van der Waals surface area contributed by atoms with Crippen molar-refractivity contribution in [2.75, 3.05) is 13.1 Å². The van der Waals surface area contributed by atoms with Crippen LogP contribution in [-0.4, -0.2) is 29.1 Å². The number of rotatable bonds is 6. The van der Waals surface area contributed by atoms with E-state index in [9.17, 15) is 4.79 Å². The fourth-order valence-electron chi connectivity index (χ4n) is 1.50. The zero-order valence-corrected chi connectivity index (χ0v) is 10.1. The number of nitrogens with zero attached hydrogens (tertiary/aromatic N) is 1. The average Bonchev–Trinajstić information content (AvgIpc) is 2.24. The minimum atomic E-state index is -0.760. The normalized spacial score (nSPS) is 10.7. The van der Waals surface area contributed by atoms with E-state index in [0.717, 1.165) is 18.7 Å². The first-order valence-corrected chi connectivity index (χ1v) is 5.68. The maximum absolute atomic E-state index is 10.5. The molecule has 0 spiro atoms. The molecule has 0 heterocycles. The van der Waals surface area contributed by atoms with Crippen molar-refractivity contribution in [2.24, 2.45) is 0 Å². The van der Waals surface area contributed by atoms with Crippen LogP contribution in [0.2, 0.25) is 5.02 Å². The Bertz CT molecular complexity index is 355. The minimum Gasteiger partial charge on any atom is -0.481 e. The molecule has 0 saturated carbocycles. The third-order valence-electron chi connectivity index (χ3n) is 2.38. The Labute approximate surface area is 101 Å². The Kier molecular flexibility index (Phi) is 5.29. The molecule has 0 aliphatic rings. The lowest BCUT2D eigenvalue weighted by Crippen LogP contribution is -2.25. The number of carboxylic acid groups (broad SMARTS) is 1. The highest BCUT2D eigenvalue weighted by Gasteiger charge is 2.06. The molecule has 0 bridgehead atoms. The second kappa shape index (κ2) is 6.51. The van der Waals surface area contributed by atoms with Crippen LogP contribution in [0.3, 0.4) is 0 Å². The number of aliphatic carboxylic acids is 1. The van der Waals surface area contributed by atoms with E-state index in [4.69, 9.17) is 16.7 Å². The molecule has 1 aromatic rings. The topological polar surface area (TPSA) is 40.5 Å². The van der Waals surface area contributed by atoms with Crippen molar-refractivity contribution in [1.82, 2.24) is 4.90 Å². The van der Waals surface area contributed by atoms with E-state index in [-0.39, 0.29) is 6.42 Å². The van der Waals surface area contributed by atoms with E-state index >= 15 is 0 Å². The van der Waals surface area contributed by atoms with Crippen LogP contribution in [0, 0.1) is 0 Å². The van der Waals surface area contributed by atoms with Gasteiger partial charge in [0.25, 0.3) is 0 Å². The van der Waals surface area contributed by atoms with Crippen molar-refractivity contribution in [1.29, 1.82) is 0 Å². The lowest BCUT2D eigenvalue weighted by molar-refractivity contribution is -0.137. The first-order valence-electron chi connectivity index (χ1n) is 5.30. The van der Waals surface area contributed by atoms with Crippen LogP contribution >= 0.6 is 11.6 Å². The average molecular weight is 242 g/mol. The smallest absolute Gasteiger partial charge is 0.304 e. The Morgan fingerprint density at radius 1 is 1.50 bits per heavy atom. The van der Waals surface area contributed by atoms with Gasteiger partial charge in [0.15, 0.2) is 0 Å². The molecule has 0 aromatic heterocycles. The van der Waals surface area contributed by atoms with Crippen molar-refractivity contribution < 1.29 is 9.90 Å². The van der Waals surface area contributed by atoms with E-state index in [1.165, 1.54) is 0 Å². The van der Waals surface area contributed by atoms with Crippen molar-refractivity contribution >= 4 is 17.6 Å². The summed E-state index contributed by atoms with van der Waals surface area (Å²) >= 11 is 5.89. The fraction of sp³-hybridized carbons (Fsp3) is 0.417. The molecule has 0 atom stereocenters. The van der Waals surface area contributed by atoms with E-state index in [2.05, 4.69) is 4.90 Å². The molecule has 1 aromatic carbocycles. The zero-order chi connectivity index (χ0) is 12.0. The van der Waals surface area contributed by atoms with Gasteiger partial charge in [0.1, 0.15) is 0 Å². The van der Waals surface area contributed by atoms with E-state index in [1.54, 1.807) is 0 Å². The minimum absolute atomic E-state index is 0.175. The van der Waals surface area contributed by atoms with Crippen LogP contribution in [0.5, 0.6) is 0 Å². The molecule has 0 aliphatic carbocycles. The maximum Gasteiger partial charge on any atom is 0.304 e. The van der Waals surface area contributed by atoms with Crippen molar-refractivity contribution in [3.8, 4) is 0 Å². The van der Waals surface area contributed by atoms with Gasteiger partial charge in [-0.05, 0) is 24.2 Å². The molecule has 1 rings (SSSR count). The Morgan fingerprint density at radius 2 is 2.25 bits per heavy atom. The number of benzene rings is 1. The summed E-state index contributed by atoms with van der Waals surface area (Å²) in [6.45, 7) is 4.16.